The number of carbonyl (C=O) groups is 1. The summed E-state index contributed by atoms with van der Waals surface area (Å²) in [6, 6.07) is 0. The van der Waals surface area contributed by atoms with Crippen LogP contribution in [0.5, 0.6) is 0 Å². The van der Waals surface area contributed by atoms with Gasteiger partial charge in [-0.2, -0.15) is 0 Å². The van der Waals surface area contributed by atoms with Crippen molar-refractivity contribution in [2.75, 3.05) is 19.6 Å². The van der Waals surface area contributed by atoms with Gasteiger partial charge in [0.05, 0.1) is 24.4 Å². The van der Waals surface area contributed by atoms with E-state index in [1.807, 2.05) is 0 Å². The van der Waals surface area contributed by atoms with Crippen LogP contribution in [-0.4, -0.2) is 53.2 Å². The predicted molar refractivity (Wildman–Crippen MR) is 120 cm³/mol. The summed E-state index contributed by atoms with van der Waals surface area (Å²) in [6.07, 6.45) is 11.5. The lowest BCUT2D eigenvalue weighted by Crippen LogP contribution is -2.52. The Bertz CT molecular complexity index is 730. The number of hydrogen-bond acceptors (Lipinski definition) is 4. The molecule has 0 aromatic rings. The molecule has 1 N–H and O–H groups in total. The highest BCUT2D eigenvalue weighted by atomic mass is 16.5. The van der Waals surface area contributed by atoms with Crippen LogP contribution >= 0.6 is 0 Å². The van der Waals surface area contributed by atoms with Gasteiger partial charge >= 0.3 is 0 Å². The fourth-order valence-corrected chi connectivity index (χ4v) is 9.96. The zero-order valence-electron chi connectivity index (χ0n) is 19.9. The van der Waals surface area contributed by atoms with Gasteiger partial charge in [0.2, 0.25) is 0 Å². The molecule has 1 aliphatic heterocycles. The monoisotopic (exact) mass is 429 g/mol. The zero-order chi connectivity index (χ0) is 21.5. The number of nitrogens with zero attached hydrogens (tertiary/aromatic N) is 1. The van der Waals surface area contributed by atoms with Gasteiger partial charge in [-0.1, -0.05) is 6.92 Å². The molecule has 5 aliphatic carbocycles. The van der Waals surface area contributed by atoms with E-state index in [-0.39, 0.29) is 29.1 Å². The zero-order valence-corrected chi connectivity index (χ0v) is 19.9. The van der Waals surface area contributed by atoms with E-state index < -0.39 is 0 Å². The van der Waals surface area contributed by atoms with Gasteiger partial charge in [-0.15, -0.1) is 0 Å². The maximum absolute atomic E-state index is 13.5. The van der Waals surface area contributed by atoms with E-state index in [4.69, 9.17) is 4.74 Å². The number of carbonyl (C=O) groups excluding carboxylic acids is 1. The number of fused-ring (bicyclic) bond motifs is 7. The molecule has 31 heavy (non-hydrogen) atoms. The molecule has 0 aromatic carbocycles. The largest absolute Gasteiger partial charge is 0.390 e. The van der Waals surface area contributed by atoms with Crippen molar-refractivity contribution in [3.8, 4) is 0 Å². The second-order valence-electron chi connectivity index (χ2n) is 12.9. The van der Waals surface area contributed by atoms with Crippen molar-refractivity contribution in [3.63, 3.8) is 0 Å². The van der Waals surface area contributed by atoms with Gasteiger partial charge < -0.3 is 9.84 Å². The molecule has 11 atom stereocenters. The number of aliphatic hydroxyl groups is 1. The molecule has 6 aliphatic rings. The molecule has 4 nitrogen and oxygen atoms in total. The van der Waals surface area contributed by atoms with Crippen LogP contribution in [0, 0.1) is 46.8 Å². The molecule has 1 heterocycles. The second kappa shape index (κ2) is 7.27. The third-order valence-corrected chi connectivity index (χ3v) is 11.2. The van der Waals surface area contributed by atoms with E-state index in [9.17, 15) is 9.90 Å². The van der Waals surface area contributed by atoms with Crippen LogP contribution in [0.4, 0.5) is 0 Å². The SMILES string of the molecule is C[C@H]1CN(CC(=O)[C@H]2CC[C@H]3[C@@H]4CC[C@@H]5C6C[C@@]6(O)CC[C@@H]5[C@H]4CC[C@]23C)C[C@H](C)O1. The lowest BCUT2D eigenvalue weighted by atomic mass is 9.49. The minimum atomic E-state index is -0.267. The molecule has 5 saturated carbocycles. The highest BCUT2D eigenvalue weighted by molar-refractivity contribution is 5.84. The molecule has 174 valence electrons. The summed E-state index contributed by atoms with van der Waals surface area (Å²) in [5, 5.41) is 10.7. The Hall–Kier alpha value is -0.450. The Balaban J connectivity index is 1.15. The van der Waals surface area contributed by atoms with Crippen molar-refractivity contribution in [1.82, 2.24) is 4.90 Å². The van der Waals surface area contributed by atoms with Crippen molar-refractivity contribution in [3.05, 3.63) is 0 Å². The van der Waals surface area contributed by atoms with Crippen molar-refractivity contribution in [1.29, 1.82) is 0 Å². The quantitative estimate of drug-likeness (QED) is 0.727. The smallest absolute Gasteiger partial charge is 0.150 e. The molecule has 6 rings (SSSR count). The predicted octanol–water partition coefficient (Wildman–Crippen LogP) is 4.29. The summed E-state index contributed by atoms with van der Waals surface area (Å²) in [7, 11) is 0. The molecular weight excluding hydrogens is 386 g/mol. The van der Waals surface area contributed by atoms with E-state index in [0.717, 1.165) is 61.9 Å². The molecule has 6 fully saturated rings. The summed E-state index contributed by atoms with van der Waals surface area (Å²) in [5.41, 5.74) is -0.0415. The average Bonchev–Trinajstić information content (AvgIpc) is 3.28. The maximum Gasteiger partial charge on any atom is 0.150 e. The number of ketones is 1. The molecule has 1 saturated heterocycles. The van der Waals surface area contributed by atoms with Crippen LogP contribution in [-0.2, 0) is 9.53 Å². The minimum absolute atomic E-state index is 0.226. The van der Waals surface area contributed by atoms with Crippen molar-refractivity contribution >= 4 is 5.78 Å². The van der Waals surface area contributed by atoms with Crippen molar-refractivity contribution < 1.29 is 14.6 Å². The van der Waals surface area contributed by atoms with Crippen molar-refractivity contribution in [2.24, 2.45) is 46.8 Å². The molecule has 1 unspecified atom stereocenters. The van der Waals surface area contributed by atoms with Gasteiger partial charge in [0.25, 0.3) is 0 Å². The number of hydrogen-bond donors (Lipinski definition) is 1. The first-order chi connectivity index (χ1) is 14.8. The van der Waals surface area contributed by atoms with Gasteiger partial charge in [-0.3, -0.25) is 9.69 Å². The molecule has 4 heteroatoms. The summed E-state index contributed by atoms with van der Waals surface area (Å²) < 4.78 is 5.88. The first-order valence-electron chi connectivity index (χ1n) is 13.4. The van der Waals surface area contributed by atoms with Crippen LogP contribution in [0.3, 0.4) is 0 Å². The lowest BCUT2D eigenvalue weighted by Gasteiger charge is -2.56. The Kier molecular flexibility index (Phi) is 4.95. The van der Waals surface area contributed by atoms with Crippen LogP contribution in [0.1, 0.15) is 78.6 Å². The molecule has 0 amide bonds. The number of rotatable bonds is 3. The van der Waals surface area contributed by atoms with Gasteiger partial charge in [0, 0.05) is 19.0 Å². The van der Waals surface area contributed by atoms with Gasteiger partial charge in [0.15, 0.2) is 0 Å². The highest BCUT2D eigenvalue weighted by Crippen LogP contribution is 2.68. The molecule has 0 aromatic heterocycles. The van der Waals surface area contributed by atoms with Crippen LogP contribution in [0.2, 0.25) is 0 Å². The van der Waals surface area contributed by atoms with Crippen LogP contribution < -0.4 is 0 Å². The highest BCUT2D eigenvalue weighted by Gasteiger charge is 2.65. The lowest BCUT2D eigenvalue weighted by molar-refractivity contribution is -0.135. The van der Waals surface area contributed by atoms with E-state index in [0.29, 0.717) is 18.2 Å². The standard InChI is InChI=1S/C27H43NO3/c1-16-13-28(14-17(2)31-16)15-25(29)23-7-6-22-20-4-5-21-19(9-11-27(30)12-24(21)27)18(20)8-10-26(22,23)3/h16-24,30H,4-15H2,1-3H3/t16-,17-,18+,19+,20+,21-,22-,23+,24?,26-,27-/m0/s1. The molecule has 0 bridgehead atoms. The normalized spacial score (nSPS) is 56.2. The van der Waals surface area contributed by atoms with E-state index in [1.54, 1.807) is 0 Å². The van der Waals surface area contributed by atoms with Crippen LogP contribution in [0.15, 0.2) is 0 Å². The Morgan fingerprint density at radius 2 is 1.55 bits per heavy atom. The number of ether oxygens (including phenoxy) is 1. The molecule has 0 spiro atoms. The molecule has 0 radical (unpaired) electrons. The fourth-order valence-electron chi connectivity index (χ4n) is 9.96. The third kappa shape index (κ3) is 3.29. The van der Waals surface area contributed by atoms with Gasteiger partial charge in [-0.25, -0.2) is 0 Å². The summed E-state index contributed by atoms with van der Waals surface area (Å²) in [6.45, 7) is 9.16. The summed E-state index contributed by atoms with van der Waals surface area (Å²) >= 11 is 0. The topological polar surface area (TPSA) is 49.8 Å². The summed E-state index contributed by atoms with van der Waals surface area (Å²) in [5.74, 6) is 5.53. The maximum atomic E-state index is 13.5. The van der Waals surface area contributed by atoms with E-state index >= 15 is 0 Å². The Morgan fingerprint density at radius 1 is 0.903 bits per heavy atom. The van der Waals surface area contributed by atoms with Gasteiger partial charge in [0.1, 0.15) is 5.78 Å². The van der Waals surface area contributed by atoms with E-state index in [1.165, 1.54) is 38.5 Å². The fraction of sp³-hybridized carbons (Fsp3) is 0.963. The molecular formula is C27H43NO3. The first-order valence-corrected chi connectivity index (χ1v) is 13.4. The number of Topliss-reactive ketones (excluding diaryl/α,β-unsaturated/α-hetero) is 1. The summed E-state index contributed by atoms with van der Waals surface area (Å²) in [4.78, 5) is 15.9. The second-order valence-corrected chi connectivity index (χ2v) is 12.9. The first kappa shape index (κ1) is 21.1. The minimum Gasteiger partial charge on any atom is -0.390 e. The van der Waals surface area contributed by atoms with Gasteiger partial charge in [-0.05, 0) is 113 Å². The Morgan fingerprint density at radius 3 is 2.26 bits per heavy atom. The number of morpholine rings is 1. The third-order valence-electron chi connectivity index (χ3n) is 11.2. The van der Waals surface area contributed by atoms with Crippen molar-refractivity contribution in [2.45, 2.75) is 96.4 Å². The van der Waals surface area contributed by atoms with Crippen LogP contribution in [0.25, 0.3) is 0 Å². The average molecular weight is 430 g/mol. The Labute approximate surface area is 188 Å². The van der Waals surface area contributed by atoms with E-state index in [2.05, 4.69) is 25.7 Å².